The molecule has 0 radical (unpaired) electrons. The molecule has 1 atom stereocenters. The van der Waals surface area contributed by atoms with Crippen molar-refractivity contribution in [2.24, 2.45) is 5.73 Å². The quantitative estimate of drug-likeness (QED) is 0.875. The molecule has 74 valence electrons. The zero-order valence-electron chi connectivity index (χ0n) is 7.26. The third-order valence-electron chi connectivity index (χ3n) is 1.80. The second kappa shape index (κ2) is 5.86. The summed E-state index contributed by atoms with van der Waals surface area (Å²) >= 11 is 9.34. The number of rotatable bonds is 2. The lowest BCUT2D eigenvalue weighted by Crippen LogP contribution is -2.08. The van der Waals surface area contributed by atoms with Crippen LogP contribution in [0.2, 0.25) is 5.02 Å². The molecule has 0 amide bonds. The second-order valence-corrected chi connectivity index (χ2v) is 4.00. The number of halogens is 3. The van der Waals surface area contributed by atoms with Crippen molar-refractivity contribution in [3.8, 4) is 0 Å². The minimum absolute atomic E-state index is 0. The maximum absolute atomic E-state index is 5.99. The topological polar surface area (TPSA) is 26.0 Å². The number of benzene rings is 1. The first-order valence-corrected chi connectivity index (χ1v) is 5.02. The van der Waals surface area contributed by atoms with Crippen molar-refractivity contribution in [3.05, 3.63) is 33.3 Å². The highest BCUT2D eigenvalue weighted by Crippen LogP contribution is 2.26. The Kier molecular flexibility index (Phi) is 5.97. The molecule has 0 saturated carbocycles. The summed E-state index contributed by atoms with van der Waals surface area (Å²) in [4.78, 5) is 0. The highest BCUT2D eigenvalue weighted by atomic mass is 79.9. The SMILES string of the molecule is CC[C@H](N)c1ccc(Br)cc1Cl.Cl. The van der Waals surface area contributed by atoms with Gasteiger partial charge in [-0.05, 0) is 24.1 Å². The van der Waals surface area contributed by atoms with Gasteiger partial charge in [-0.2, -0.15) is 0 Å². The molecule has 1 aromatic rings. The van der Waals surface area contributed by atoms with Crippen molar-refractivity contribution in [2.45, 2.75) is 19.4 Å². The molecule has 0 aliphatic heterocycles. The molecule has 0 aliphatic carbocycles. The van der Waals surface area contributed by atoms with Gasteiger partial charge in [0.05, 0.1) is 0 Å². The fourth-order valence-electron chi connectivity index (χ4n) is 1.02. The number of nitrogens with two attached hydrogens (primary N) is 1. The van der Waals surface area contributed by atoms with Gasteiger partial charge in [0.15, 0.2) is 0 Å². The molecule has 4 heteroatoms. The van der Waals surface area contributed by atoms with Crippen LogP contribution in [0.15, 0.2) is 22.7 Å². The number of hydrogen-bond donors (Lipinski definition) is 1. The van der Waals surface area contributed by atoms with Gasteiger partial charge in [-0.15, -0.1) is 12.4 Å². The van der Waals surface area contributed by atoms with Crippen molar-refractivity contribution < 1.29 is 0 Å². The van der Waals surface area contributed by atoms with Gasteiger partial charge in [-0.1, -0.05) is 40.5 Å². The van der Waals surface area contributed by atoms with E-state index in [-0.39, 0.29) is 18.4 Å². The molecule has 0 aromatic heterocycles. The Morgan fingerprint density at radius 3 is 2.62 bits per heavy atom. The van der Waals surface area contributed by atoms with Crippen molar-refractivity contribution in [2.75, 3.05) is 0 Å². The monoisotopic (exact) mass is 283 g/mol. The van der Waals surface area contributed by atoms with Crippen LogP contribution in [-0.4, -0.2) is 0 Å². The molecule has 0 spiro atoms. The Bertz CT molecular complexity index is 278. The van der Waals surface area contributed by atoms with E-state index in [1.54, 1.807) is 0 Å². The van der Waals surface area contributed by atoms with Gasteiger partial charge in [-0.3, -0.25) is 0 Å². The largest absolute Gasteiger partial charge is 0.324 e. The van der Waals surface area contributed by atoms with Crippen LogP contribution in [0.3, 0.4) is 0 Å². The molecule has 0 unspecified atom stereocenters. The minimum Gasteiger partial charge on any atom is -0.324 e. The van der Waals surface area contributed by atoms with Gasteiger partial charge < -0.3 is 5.73 Å². The average molecular weight is 285 g/mol. The van der Waals surface area contributed by atoms with Crippen LogP contribution in [0, 0.1) is 0 Å². The molecule has 2 N–H and O–H groups in total. The number of hydrogen-bond acceptors (Lipinski definition) is 1. The lowest BCUT2D eigenvalue weighted by Gasteiger charge is -2.10. The third-order valence-corrected chi connectivity index (χ3v) is 2.62. The summed E-state index contributed by atoms with van der Waals surface area (Å²) in [6.07, 6.45) is 0.904. The van der Waals surface area contributed by atoms with E-state index in [2.05, 4.69) is 15.9 Å². The fraction of sp³-hybridized carbons (Fsp3) is 0.333. The van der Waals surface area contributed by atoms with Crippen LogP contribution in [0.4, 0.5) is 0 Å². The molecule has 13 heavy (non-hydrogen) atoms. The highest BCUT2D eigenvalue weighted by Gasteiger charge is 2.07. The Morgan fingerprint density at radius 1 is 1.54 bits per heavy atom. The van der Waals surface area contributed by atoms with Crippen LogP contribution < -0.4 is 5.73 Å². The van der Waals surface area contributed by atoms with E-state index < -0.39 is 0 Å². The summed E-state index contributed by atoms with van der Waals surface area (Å²) in [6, 6.07) is 5.83. The van der Waals surface area contributed by atoms with Gasteiger partial charge >= 0.3 is 0 Å². The van der Waals surface area contributed by atoms with E-state index in [9.17, 15) is 0 Å². The van der Waals surface area contributed by atoms with Gasteiger partial charge in [0.1, 0.15) is 0 Å². The first-order chi connectivity index (χ1) is 5.65. The first-order valence-electron chi connectivity index (χ1n) is 3.85. The lowest BCUT2D eigenvalue weighted by molar-refractivity contribution is 0.699. The van der Waals surface area contributed by atoms with E-state index in [1.807, 2.05) is 25.1 Å². The van der Waals surface area contributed by atoms with Crippen LogP contribution in [0.25, 0.3) is 0 Å². The third kappa shape index (κ3) is 3.47. The summed E-state index contributed by atoms with van der Waals surface area (Å²) < 4.78 is 0.986. The zero-order valence-corrected chi connectivity index (χ0v) is 10.4. The normalized spacial score (nSPS) is 12.0. The first kappa shape index (κ1) is 13.2. The van der Waals surface area contributed by atoms with Crippen LogP contribution in [0.5, 0.6) is 0 Å². The standard InChI is InChI=1S/C9H11BrClN.ClH/c1-2-9(12)7-4-3-6(10)5-8(7)11;/h3-5,9H,2,12H2,1H3;1H/t9-;/m0./s1. The second-order valence-electron chi connectivity index (χ2n) is 2.68. The molecule has 0 bridgehead atoms. The smallest absolute Gasteiger partial charge is 0.0464 e. The van der Waals surface area contributed by atoms with Crippen LogP contribution in [0.1, 0.15) is 24.9 Å². The molecule has 1 aromatic carbocycles. The van der Waals surface area contributed by atoms with Gasteiger partial charge in [0, 0.05) is 15.5 Å². The van der Waals surface area contributed by atoms with Crippen molar-refractivity contribution in [1.82, 2.24) is 0 Å². The van der Waals surface area contributed by atoms with E-state index in [4.69, 9.17) is 17.3 Å². The van der Waals surface area contributed by atoms with E-state index in [0.717, 1.165) is 21.5 Å². The zero-order chi connectivity index (χ0) is 9.14. The Morgan fingerprint density at radius 2 is 2.15 bits per heavy atom. The highest BCUT2D eigenvalue weighted by molar-refractivity contribution is 9.10. The summed E-state index contributed by atoms with van der Waals surface area (Å²) in [5, 5.41) is 0.735. The molecule has 0 heterocycles. The van der Waals surface area contributed by atoms with Crippen molar-refractivity contribution in [3.63, 3.8) is 0 Å². The molecule has 0 saturated heterocycles. The lowest BCUT2D eigenvalue weighted by atomic mass is 10.1. The molecule has 1 nitrogen and oxygen atoms in total. The van der Waals surface area contributed by atoms with E-state index >= 15 is 0 Å². The van der Waals surface area contributed by atoms with Crippen molar-refractivity contribution >= 4 is 39.9 Å². The van der Waals surface area contributed by atoms with Crippen LogP contribution >= 0.6 is 39.9 Å². The molecule has 0 fully saturated rings. The average Bonchev–Trinajstić information content (AvgIpc) is 2.03. The summed E-state index contributed by atoms with van der Waals surface area (Å²) in [7, 11) is 0. The minimum atomic E-state index is 0. The summed E-state index contributed by atoms with van der Waals surface area (Å²) in [6.45, 7) is 2.04. The van der Waals surface area contributed by atoms with Gasteiger partial charge in [0.25, 0.3) is 0 Å². The summed E-state index contributed by atoms with van der Waals surface area (Å²) in [5.74, 6) is 0. The van der Waals surface area contributed by atoms with Gasteiger partial charge in [-0.25, -0.2) is 0 Å². The molecule has 1 rings (SSSR count). The van der Waals surface area contributed by atoms with Crippen LogP contribution in [-0.2, 0) is 0 Å². The predicted octanol–water partition coefficient (Wildman–Crippen LogP) is 3.93. The van der Waals surface area contributed by atoms with Gasteiger partial charge in [0.2, 0.25) is 0 Å². The maximum Gasteiger partial charge on any atom is 0.0464 e. The Balaban J connectivity index is 0.00000144. The molecule has 0 aliphatic rings. The molecular formula is C9H12BrCl2N. The maximum atomic E-state index is 5.99. The Hall–Kier alpha value is 0.240. The summed E-state index contributed by atoms with van der Waals surface area (Å²) in [5.41, 5.74) is 6.86. The van der Waals surface area contributed by atoms with Crippen molar-refractivity contribution in [1.29, 1.82) is 0 Å². The Labute approximate surface area is 98.2 Å². The fourth-order valence-corrected chi connectivity index (χ4v) is 1.84. The van der Waals surface area contributed by atoms with E-state index in [1.165, 1.54) is 0 Å². The predicted molar refractivity (Wildman–Crippen MR) is 63.6 cm³/mol. The molecular weight excluding hydrogens is 273 g/mol. The van der Waals surface area contributed by atoms with E-state index in [0.29, 0.717) is 0 Å².